The summed E-state index contributed by atoms with van der Waals surface area (Å²) in [6.45, 7) is 0. The summed E-state index contributed by atoms with van der Waals surface area (Å²) in [7, 11) is 0. The largest absolute Gasteiger partial charge is 0.461 e. The molecular weight excluding hydrogens is 354 g/mol. The van der Waals surface area contributed by atoms with Gasteiger partial charge in [0, 0.05) is 10.6 Å². The number of amides is 4. The quantitative estimate of drug-likeness (QED) is 0.213. The van der Waals surface area contributed by atoms with Crippen molar-refractivity contribution in [2.45, 2.75) is 6.10 Å². The second kappa shape index (κ2) is 8.05. The molecule has 0 bridgehead atoms. The molecule has 1 aromatic carbocycles. The van der Waals surface area contributed by atoms with Gasteiger partial charge in [0.1, 0.15) is 5.71 Å². The molecule has 1 atom stereocenters. The van der Waals surface area contributed by atoms with Gasteiger partial charge in [-0.05, 0) is 6.07 Å². The van der Waals surface area contributed by atoms with Gasteiger partial charge < -0.3 is 4.74 Å². The van der Waals surface area contributed by atoms with Crippen molar-refractivity contribution in [1.82, 2.24) is 21.7 Å². The van der Waals surface area contributed by atoms with E-state index in [9.17, 15) is 9.59 Å². The molecule has 0 aromatic heterocycles. The summed E-state index contributed by atoms with van der Waals surface area (Å²) >= 11 is 6.14. The minimum absolute atomic E-state index is 0.0269. The van der Waals surface area contributed by atoms with Crippen LogP contribution < -0.4 is 33.4 Å². The number of ether oxygens (including phenoxy) is 1. The molecule has 13 heteroatoms. The highest BCUT2D eigenvalue weighted by molar-refractivity contribution is 6.69. The first-order valence-electron chi connectivity index (χ1n) is 6.66. The lowest BCUT2D eigenvalue weighted by atomic mass is 10.0. The molecule has 0 spiro atoms. The van der Waals surface area contributed by atoms with Crippen LogP contribution in [0.25, 0.3) is 0 Å². The van der Waals surface area contributed by atoms with Gasteiger partial charge in [0.25, 0.3) is 0 Å². The number of benzene rings is 1. The molecule has 25 heavy (non-hydrogen) atoms. The van der Waals surface area contributed by atoms with Gasteiger partial charge in [-0.1, -0.05) is 29.8 Å². The number of nitrogens with zero attached hydrogens (tertiary/aromatic N) is 2. The van der Waals surface area contributed by atoms with Crippen molar-refractivity contribution in [3.63, 3.8) is 0 Å². The summed E-state index contributed by atoms with van der Waals surface area (Å²) in [4.78, 5) is 22.4. The predicted octanol–water partition coefficient (Wildman–Crippen LogP) is -0.554. The summed E-state index contributed by atoms with van der Waals surface area (Å²) < 4.78 is 5.42. The third-order valence-electron chi connectivity index (χ3n) is 2.94. The Morgan fingerprint density at radius 2 is 1.72 bits per heavy atom. The van der Waals surface area contributed by atoms with Crippen LogP contribution in [-0.4, -0.2) is 29.4 Å². The van der Waals surface area contributed by atoms with Crippen molar-refractivity contribution in [2.75, 3.05) is 0 Å². The second-order valence-electron chi connectivity index (χ2n) is 4.48. The van der Waals surface area contributed by atoms with Crippen LogP contribution in [0.2, 0.25) is 5.02 Å². The molecular formula is C12H14ClN9O3. The molecule has 1 saturated heterocycles. The fraction of sp³-hybridized carbons (Fsp3) is 0.0833. The van der Waals surface area contributed by atoms with Gasteiger partial charge >= 0.3 is 12.1 Å². The van der Waals surface area contributed by atoms with E-state index in [1.165, 1.54) is 0 Å². The van der Waals surface area contributed by atoms with E-state index in [4.69, 9.17) is 33.4 Å². The Labute approximate surface area is 146 Å². The molecule has 1 fully saturated rings. The van der Waals surface area contributed by atoms with Gasteiger partial charge in [0.05, 0.1) is 0 Å². The van der Waals surface area contributed by atoms with Crippen molar-refractivity contribution in [3.8, 4) is 0 Å². The number of hydrazine groups is 2. The van der Waals surface area contributed by atoms with E-state index in [0.717, 1.165) is 0 Å². The van der Waals surface area contributed by atoms with Gasteiger partial charge in [-0.2, -0.15) is 10.2 Å². The SMILES string of the molecule is N=C1O[C@@H](c2ccccc2Cl)C(=N/NC(=O)NN)/C1=N\NC(=O)NN. The normalized spacial score (nSPS) is 19.5. The Morgan fingerprint density at radius 1 is 1.12 bits per heavy atom. The molecule has 4 amide bonds. The van der Waals surface area contributed by atoms with Crippen LogP contribution in [-0.2, 0) is 4.74 Å². The number of nitrogens with two attached hydrogens (primary N) is 2. The maximum Gasteiger partial charge on any atom is 0.349 e. The number of hydrogen-bond donors (Lipinski definition) is 7. The highest BCUT2D eigenvalue weighted by atomic mass is 35.5. The lowest BCUT2D eigenvalue weighted by Crippen LogP contribution is -2.39. The molecule has 2 rings (SSSR count). The number of nitrogens with one attached hydrogen (secondary N) is 5. The zero-order valence-corrected chi connectivity index (χ0v) is 13.3. The average Bonchev–Trinajstić information content (AvgIpc) is 2.93. The molecule has 1 aromatic rings. The van der Waals surface area contributed by atoms with Crippen LogP contribution in [0, 0.1) is 5.41 Å². The van der Waals surface area contributed by atoms with Crippen LogP contribution in [0.15, 0.2) is 34.5 Å². The lowest BCUT2D eigenvalue weighted by Gasteiger charge is -2.12. The molecule has 9 N–H and O–H groups in total. The molecule has 1 heterocycles. The first-order valence-corrected chi connectivity index (χ1v) is 7.04. The Bertz CT molecular complexity index is 764. The molecule has 12 nitrogen and oxygen atoms in total. The molecule has 0 aliphatic carbocycles. The van der Waals surface area contributed by atoms with Gasteiger partial charge in [-0.3, -0.25) is 16.3 Å². The first kappa shape index (κ1) is 18.1. The third kappa shape index (κ3) is 4.20. The van der Waals surface area contributed by atoms with Crippen molar-refractivity contribution in [3.05, 3.63) is 34.9 Å². The summed E-state index contributed by atoms with van der Waals surface area (Å²) in [5, 5.41) is 15.8. The maximum atomic E-state index is 11.3. The zero-order valence-electron chi connectivity index (χ0n) is 12.5. The van der Waals surface area contributed by atoms with Gasteiger partial charge in [0.2, 0.25) is 5.90 Å². The minimum atomic E-state index is -0.930. The van der Waals surface area contributed by atoms with Crippen LogP contribution >= 0.6 is 11.6 Å². The molecule has 0 radical (unpaired) electrons. The Kier molecular flexibility index (Phi) is 5.84. The second-order valence-corrected chi connectivity index (χ2v) is 4.88. The van der Waals surface area contributed by atoms with Crippen molar-refractivity contribution in [2.24, 2.45) is 21.9 Å². The van der Waals surface area contributed by atoms with Gasteiger partial charge in [-0.15, -0.1) is 0 Å². The maximum absolute atomic E-state index is 11.3. The van der Waals surface area contributed by atoms with Crippen LogP contribution in [0.3, 0.4) is 0 Å². The van der Waals surface area contributed by atoms with E-state index in [1.807, 2.05) is 10.9 Å². The fourth-order valence-corrected chi connectivity index (χ4v) is 2.11. The highest BCUT2D eigenvalue weighted by Gasteiger charge is 2.38. The molecule has 1 aliphatic heterocycles. The number of carbonyl (C=O) groups is 2. The molecule has 1 aliphatic rings. The van der Waals surface area contributed by atoms with Crippen LogP contribution in [0.4, 0.5) is 9.59 Å². The lowest BCUT2D eigenvalue weighted by molar-refractivity contribution is 0.240. The van der Waals surface area contributed by atoms with E-state index in [2.05, 4.69) is 15.6 Å². The molecule has 0 saturated carbocycles. The Balaban J connectivity index is 2.42. The average molecular weight is 368 g/mol. The molecule has 0 unspecified atom stereocenters. The monoisotopic (exact) mass is 367 g/mol. The smallest absolute Gasteiger partial charge is 0.349 e. The number of urea groups is 2. The first-order chi connectivity index (χ1) is 12.0. The van der Waals surface area contributed by atoms with Crippen molar-refractivity contribution < 1.29 is 14.3 Å². The van der Waals surface area contributed by atoms with E-state index >= 15 is 0 Å². The van der Waals surface area contributed by atoms with E-state index in [1.54, 1.807) is 29.7 Å². The van der Waals surface area contributed by atoms with Crippen LogP contribution in [0.1, 0.15) is 11.7 Å². The fourth-order valence-electron chi connectivity index (χ4n) is 1.87. The van der Waals surface area contributed by atoms with Crippen LogP contribution in [0.5, 0.6) is 0 Å². The van der Waals surface area contributed by atoms with Gasteiger partial charge in [-0.25, -0.2) is 32.1 Å². The minimum Gasteiger partial charge on any atom is -0.461 e. The third-order valence-corrected chi connectivity index (χ3v) is 3.28. The summed E-state index contributed by atoms with van der Waals surface area (Å²) in [5.41, 5.74) is 8.16. The van der Waals surface area contributed by atoms with Crippen molar-refractivity contribution >= 4 is 41.0 Å². The number of carbonyl (C=O) groups excluding carboxylic acids is 2. The topological polar surface area (TPSA) is 192 Å². The summed E-state index contributed by atoms with van der Waals surface area (Å²) in [5.74, 6) is 9.51. The number of hydrazone groups is 2. The highest BCUT2D eigenvalue weighted by Crippen LogP contribution is 2.31. The zero-order chi connectivity index (χ0) is 18.4. The summed E-state index contributed by atoms with van der Waals surface area (Å²) in [6, 6.07) is 5.06. The Hall–Kier alpha value is -3.22. The summed E-state index contributed by atoms with van der Waals surface area (Å²) in [6.07, 6.45) is -0.930. The standard InChI is InChI=1S/C12H14ClN9O3/c13-6-4-2-1-3-5(6)9-7(19-21-11(23)17-15)8(10(14)25-9)20-22-12(24)18-16/h1-4,9,14H,15-16H2,(H2,17,21,23)(H2,18,22,24)/b14-10?,19-7+,20-8+/t9-/m0/s1. The van der Waals surface area contributed by atoms with E-state index < -0.39 is 24.1 Å². The number of hydrogen-bond acceptors (Lipinski definition) is 8. The van der Waals surface area contributed by atoms with Crippen molar-refractivity contribution in [1.29, 1.82) is 5.41 Å². The van der Waals surface area contributed by atoms with E-state index in [-0.39, 0.29) is 11.4 Å². The van der Waals surface area contributed by atoms with Gasteiger partial charge in [0.15, 0.2) is 11.8 Å². The number of halogens is 1. The molecule has 132 valence electrons. The predicted molar refractivity (Wildman–Crippen MR) is 89.6 cm³/mol. The number of rotatable bonds is 3. The van der Waals surface area contributed by atoms with E-state index in [0.29, 0.717) is 10.6 Å². The Morgan fingerprint density at radius 3 is 2.32 bits per heavy atom.